The number of piperidine rings is 1. The largest absolute Gasteiger partial charge is 0.487 e. The van der Waals surface area contributed by atoms with E-state index in [2.05, 4.69) is 42.7 Å². The Balaban J connectivity index is 1.01. The van der Waals surface area contributed by atoms with Crippen LogP contribution in [0.3, 0.4) is 0 Å². The third-order valence-corrected chi connectivity index (χ3v) is 9.04. The van der Waals surface area contributed by atoms with Gasteiger partial charge in [-0.2, -0.15) is 0 Å². The third-order valence-electron chi connectivity index (χ3n) is 7.70. The highest BCUT2D eigenvalue weighted by Gasteiger charge is 2.24. The van der Waals surface area contributed by atoms with Gasteiger partial charge in [-0.1, -0.05) is 42.0 Å². The summed E-state index contributed by atoms with van der Waals surface area (Å²) in [4.78, 5) is 24.3. The van der Waals surface area contributed by atoms with Gasteiger partial charge >= 0.3 is 6.09 Å². The van der Waals surface area contributed by atoms with Crippen molar-refractivity contribution in [1.29, 1.82) is 0 Å². The molecule has 2 aliphatic rings. The number of aromatic nitrogens is 2. The minimum absolute atomic E-state index is 0.0270. The quantitative estimate of drug-likeness (QED) is 0.187. The van der Waals surface area contributed by atoms with Crippen LogP contribution in [0.25, 0.3) is 10.2 Å². The zero-order valence-corrected chi connectivity index (χ0v) is 26.2. The first kappa shape index (κ1) is 31.0. The monoisotopic (exact) mass is 648 g/mol. The number of hydrogen-bond donors (Lipinski definition) is 3. The molecule has 0 radical (unpaired) electrons. The second-order valence-electron chi connectivity index (χ2n) is 11.1. The molecule has 4 aromatic rings. The number of halogens is 2. The lowest BCUT2D eigenvalue weighted by atomic mass is 10.1. The van der Waals surface area contributed by atoms with E-state index in [1.807, 2.05) is 12.1 Å². The molecule has 0 spiro atoms. The minimum atomic E-state index is -0.372. The number of nitrogens with zero attached hydrogens (tertiary/aromatic N) is 3. The number of carbonyl (C=O) groups is 1. The van der Waals surface area contributed by atoms with Crippen molar-refractivity contribution in [3.8, 4) is 17.6 Å². The maximum absolute atomic E-state index is 13.5. The van der Waals surface area contributed by atoms with Crippen LogP contribution >= 0.6 is 22.9 Å². The molecule has 2 aromatic carbocycles. The average molecular weight is 649 g/mol. The summed E-state index contributed by atoms with van der Waals surface area (Å²) in [5, 5.41) is 10.1. The Kier molecular flexibility index (Phi) is 10.3. The van der Waals surface area contributed by atoms with Crippen LogP contribution in [0.2, 0.25) is 5.02 Å². The zero-order valence-electron chi connectivity index (χ0n) is 24.7. The van der Waals surface area contributed by atoms with Crippen molar-refractivity contribution in [2.24, 2.45) is 0 Å². The summed E-state index contributed by atoms with van der Waals surface area (Å²) in [6.45, 7) is 4.21. The average Bonchev–Trinajstić information content (AvgIpc) is 3.67. The van der Waals surface area contributed by atoms with Crippen LogP contribution < -0.4 is 20.7 Å². The number of ether oxygens (including phenoxy) is 2. The molecular weight excluding hydrogens is 615 g/mol. The maximum Gasteiger partial charge on any atom is 0.407 e. The lowest BCUT2D eigenvalue weighted by Crippen LogP contribution is -2.38. The van der Waals surface area contributed by atoms with Crippen LogP contribution in [0.15, 0.2) is 54.9 Å². The molecule has 0 unspecified atom stereocenters. The molecule has 9 nitrogen and oxygen atoms in total. The molecule has 0 bridgehead atoms. The van der Waals surface area contributed by atoms with Gasteiger partial charge < -0.3 is 25.4 Å². The van der Waals surface area contributed by atoms with E-state index in [1.165, 1.54) is 49.1 Å². The van der Waals surface area contributed by atoms with Crippen LogP contribution in [-0.4, -0.2) is 65.8 Å². The molecule has 0 saturated carbocycles. The highest BCUT2D eigenvalue weighted by Crippen LogP contribution is 2.33. The summed E-state index contributed by atoms with van der Waals surface area (Å²) >= 11 is 7.99. The van der Waals surface area contributed by atoms with Gasteiger partial charge in [-0.15, -0.1) is 11.3 Å². The molecule has 2 atom stereocenters. The van der Waals surface area contributed by atoms with E-state index >= 15 is 0 Å². The van der Waals surface area contributed by atoms with Gasteiger partial charge in [0.15, 0.2) is 5.82 Å². The molecule has 6 rings (SSSR count). The molecule has 234 valence electrons. The number of benzene rings is 2. The van der Waals surface area contributed by atoms with Crippen molar-refractivity contribution >= 4 is 50.8 Å². The van der Waals surface area contributed by atoms with Gasteiger partial charge in [0.05, 0.1) is 26.2 Å². The van der Waals surface area contributed by atoms with Crippen molar-refractivity contribution in [3.05, 3.63) is 76.1 Å². The Hall–Kier alpha value is -3.95. The zero-order chi connectivity index (χ0) is 31.0. The molecule has 2 aromatic heterocycles. The van der Waals surface area contributed by atoms with Crippen LogP contribution in [-0.2, 0) is 11.3 Å². The summed E-state index contributed by atoms with van der Waals surface area (Å²) in [5.41, 5.74) is 2.24. The molecule has 0 aliphatic carbocycles. The summed E-state index contributed by atoms with van der Waals surface area (Å²) in [5.74, 6) is 7.38. The molecule has 4 heterocycles. The van der Waals surface area contributed by atoms with Crippen molar-refractivity contribution < 1.29 is 18.7 Å². The van der Waals surface area contributed by atoms with Crippen molar-refractivity contribution in [3.63, 3.8) is 0 Å². The van der Waals surface area contributed by atoms with Crippen LogP contribution in [0, 0.1) is 17.7 Å². The van der Waals surface area contributed by atoms with Gasteiger partial charge in [-0.05, 0) is 74.3 Å². The number of likely N-dealkylation sites (tertiary alicyclic amines) is 1. The predicted octanol–water partition coefficient (Wildman–Crippen LogP) is 6.10. The molecular formula is C33H34ClFN6O3S. The fraction of sp³-hybridized carbons (Fsp3) is 0.364. The van der Waals surface area contributed by atoms with E-state index < -0.39 is 0 Å². The van der Waals surface area contributed by atoms with Gasteiger partial charge in [0.25, 0.3) is 0 Å². The van der Waals surface area contributed by atoms with E-state index in [-0.39, 0.29) is 30.6 Å². The van der Waals surface area contributed by atoms with E-state index in [4.69, 9.17) is 21.1 Å². The Labute approximate surface area is 270 Å². The Morgan fingerprint density at radius 3 is 2.89 bits per heavy atom. The number of anilines is 2. The molecule has 12 heteroatoms. The number of thiophene rings is 1. The van der Waals surface area contributed by atoms with Crippen LogP contribution in [0.5, 0.6) is 5.75 Å². The number of nitrogens with one attached hydrogen (secondary N) is 3. The molecule has 3 N–H and O–H groups in total. The lowest BCUT2D eigenvalue weighted by molar-refractivity contribution is 0.118. The Morgan fingerprint density at radius 1 is 1.16 bits per heavy atom. The fourth-order valence-electron chi connectivity index (χ4n) is 5.40. The molecule has 2 aliphatic heterocycles. The van der Waals surface area contributed by atoms with Gasteiger partial charge in [0.2, 0.25) is 0 Å². The number of alkyl carbamates (subject to hydrolysis) is 1. The second-order valence-corrected chi connectivity index (χ2v) is 12.5. The summed E-state index contributed by atoms with van der Waals surface area (Å²) in [6, 6.07) is 13.5. The Morgan fingerprint density at radius 2 is 2.04 bits per heavy atom. The van der Waals surface area contributed by atoms with Gasteiger partial charge in [0.1, 0.15) is 31.1 Å². The first-order valence-corrected chi connectivity index (χ1v) is 16.3. The second kappa shape index (κ2) is 14.9. The molecule has 45 heavy (non-hydrogen) atoms. The standard InChI is InChI=1S/C33H34ClFN6O3S/c34-28-17-25(8-10-30(28)44-20-22-5-4-6-23(35)15-22)39-32-31-29(37-21-38-32)18-27(45-31)9-7-24-16-26(19-36-24)40-33(42)43-14-13-41-11-2-1-3-12-41/h4-6,8,10,15,17-18,21,24,26,36H,1-3,11-14,16,19-20H2,(H,40,42)(H,37,38,39)/t24-,26-/m1/s1. The SMILES string of the molecule is O=C(N[C@H]1CN[C@H](C#Cc2cc3ncnc(Nc4ccc(OCc5cccc(F)c5)c(Cl)c4)c3s2)C1)OCCN1CCCCC1. The summed E-state index contributed by atoms with van der Waals surface area (Å²) < 4.78 is 25.5. The van der Waals surface area contributed by atoms with Gasteiger partial charge in [-0.25, -0.2) is 19.2 Å². The van der Waals surface area contributed by atoms with Crippen LogP contribution in [0.4, 0.5) is 20.7 Å². The first-order valence-electron chi connectivity index (χ1n) is 15.1. The summed E-state index contributed by atoms with van der Waals surface area (Å²) in [6.07, 6.45) is 5.56. The third kappa shape index (κ3) is 8.61. The van der Waals surface area contributed by atoms with Crippen molar-refractivity contribution in [2.45, 2.75) is 44.4 Å². The van der Waals surface area contributed by atoms with Crippen molar-refractivity contribution in [1.82, 2.24) is 25.5 Å². The smallest absolute Gasteiger partial charge is 0.407 e. The van der Waals surface area contributed by atoms with Gasteiger partial charge in [0, 0.05) is 24.8 Å². The van der Waals surface area contributed by atoms with Crippen LogP contribution in [0.1, 0.15) is 36.1 Å². The van der Waals surface area contributed by atoms with Gasteiger partial charge in [-0.3, -0.25) is 4.90 Å². The molecule has 1 amide bonds. The number of fused-ring (bicyclic) bond motifs is 1. The highest BCUT2D eigenvalue weighted by atomic mass is 35.5. The van der Waals surface area contributed by atoms with Crippen molar-refractivity contribution in [2.75, 3.05) is 38.1 Å². The van der Waals surface area contributed by atoms with E-state index in [9.17, 15) is 9.18 Å². The van der Waals surface area contributed by atoms with E-state index in [1.54, 1.807) is 24.3 Å². The molecule has 2 saturated heterocycles. The maximum atomic E-state index is 13.5. The fourth-order valence-corrected chi connectivity index (χ4v) is 6.55. The normalized spacial score (nSPS) is 18.3. The lowest BCUT2D eigenvalue weighted by Gasteiger charge is -2.26. The van der Waals surface area contributed by atoms with E-state index in [0.29, 0.717) is 41.7 Å². The topological polar surface area (TPSA) is 101 Å². The number of hydrogen-bond acceptors (Lipinski definition) is 9. The Bertz CT molecular complexity index is 1700. The predicted molar refractivity (Wildman–Crippen MR) is 175 cm³/mol. The molecule has 2 fully saturated rings. The number of rotatable bonds is 9. The number of carbonyl (C=O) groups excluding carboxylic acids is 1. The number of amides is 1. The van der Waals surface area contributed by atoms with E-state index in [0.717, 1.165) is 40.4 Å². The minimum Gasteiger partial charge on any atom is -0.487 e. The first-order chi connectivity index (χ1) is 22.0. The summed E-state index contributed by atoms with van der Waals surface area (Å²) in [7, 11) is 0. The highest BCUT2D eigenvalue weighted by molar-refractivity contribution is 7.20.